The van der Waals surface area contributed by atoms with E-state index >= 15 is 0 Å². The molecule has 0 spiro atoms. The summed E-state index contributed by atoms with van der Waals surface area (Å²) in [6.45, 7) is 12.9. The van der Waals surface area contributed by atoms with Gasteiger partial charge in [-0.3, -0.25) is 0 Å². The van der Waals surface area contributed by atoms with Gasteiger partial charge >= 0.3 is 0 Å². The van der Waals surface area contributed by atoms with Gasteiger partial charge in [-0.2, -0.15) is 0 Å². The topological polar surface area (TPSA) is 32.6 Å². The highest BCUT2D eigenvalue weighted by atomic mass is 16.4. The van der Waals surface area contributed by atoms with Crippen molar-refractivity contribution in [3.63, 3.8) is 0 Å². The monoisotopic (exact) mass is 257 g/mol. The van der Waals surface area contributed by atoms with Gasteiger partial charge in [0.1, 0.15) is 5.71 Å². The van der Waals surface area contributed by atoms with Crippen LogP contribution < -0.4 is 0 Å². The molecular formula is C17H23NO. The average molecular weight is 257 g/mol. The molecule has 0 aromatic heterocycles. The third-order valence-electron chi connectivity index (χ3n) is 4.45. The van der Waals surface area contributed by atoms with Gasteiger partial charge in [0.2, 0.25) is 0 Å². The highest BCUT2D eigenvalue weighted by Crippen LogP contribution is 2.45. The summed E-state index contributed by atoms with van der Waals surface area (Å²) < 4.78 is 0. The van der Waals surface area contributed by atoms with E-state index in [2.05, 4.69) is 51.6 Å². The molecule has 0 saturated heterocycles. The van der Waals surface area contributed by atoms with Crippen LogP contribution in [0.25, 0.3) is 0 Å². The van der Waals surface area contributed by atoms with E-state index in [9.17, 15) is 0 Å². The van der Waals surface area contributed by atoms with Crippen LogP contribution in [0.5, 0.6) is 0 Å². The predicted molar refractivity (Wildman–Crippen MR) is 80.2 cm³/mol. The van der Waals surface area contributed by atoms with Crippen LogP contribution in [0.1, 0.15) is 57.2 Å². The van der Waals surface area contributed by atoms with Gasteiger partial charge in [0.25, 0.3) is 0 Å². The van der Waals surface area contributed by atoms with Gasteiger partial charge in [-0.25, -0.2) is 0 Å². The summed E-state index contributed by atoms with van der Waals surface area (Å²) in [6.07, 6.45) is 3.97. The number of nitrogens with zero attached hydrogens (tertiary/aromatic N) is 1. The minimum Gasteiger partial charge on any atom is -0.410 e. The number of allylic oxidation sites excluding steroid dienone is 1. The Kier molecular flexibility index (Phi) is 3.29. The number of hydrogen-bond donors (Lipinski definition) is 1. The fourth-order valence-corrected chi connectivity index (χ4v) is 2.96. The Morgan fingerprint density at radius 2 is 1.74 bits per heavy atom. The molecule has 1 aromatic carbocycles. The SMILES string of the molecule is C=CC(=NO)c1ccc2c(c1)C(C)(C)CCC2(C)C. The van der Waals surface area contributed by atoms with Crippen molar-refractivity contribution >= 4 is 5.71 Å². The third kappa shape index (κ3) is 2.32. The molecule has 0 saturated carbocycles. The average Bonchev–Trinajstić information content (AvgIpc) is 2.37. The molecular weight excluding hydrogens is 234 g/mol. The largest absolute Gasteiger partial charge is 0.410 e. The first-order chi connectivity index (χ1) is 8.81. The molecule has 2 heteroatoms. The van der Waals surface area contributed by atoms with Crippen LogP contribution in [-0.4, -0.2) is 10.9 Å². The summed E-state index contributed by atoms with van der Waals surface area (Å²) in [6, 6.07) is 6.37. The maximum absolute atomic E-state index is 9.03. The molecule has 0 unspecified atom stereocenters. The van der Waals surface area contributed by atoms with E-state index in [0.717, 1.165) is 5.56 Å². The van der Waals surface area contributed by atoms with Crippen molar-refractivity contribution in [3.05, 3.63) is 47.5 Å². The summed E-state index contributed by atoms with van der Waals surface area (Å²) in [5.74, 6) is 0. The summed E-state index contributed by atoms with van der Waals surface area (Å²) in [5, 5.41) is 12.3. The second-order valence-electron chi connectivity index (χ2n) is 6.72. The Hall–Kier alpha value is -1.57. The quantitative estimate of drug-likeness (QED) is 0.475. The molecule has 0 bridgehead atoms. The number of oxime groups is 1. The van der Waals surface area contributed by atoms with Crippen LogP contribution in [0.2, 0.25) is 0 Å². The normalized spacial score (nSPS) is 20.7. The minimum absolute atomic E-state index is 0.169. The highest BCUT2D eigenvalue weighted by Gasteiger charge is 2.36. The van der Waals surface area contributed by atoms with E-state index < -0.39 is 0 Å². The molecule has 0 aliphatic heterocycles. The van der Waals surface area contributed by atoms with Crippen LogP contribution in [0.15, 0.2) is 36.0 Å². The molecule has 1 aliphatic carbocycles. The first-order valence-corrected chi connectivity index (χ1v) is 6.82. The standard InChI is InChI=1S/C17H23NO/c1-6-15(18-19)12-7-8-13-14(11-12)17(4,5)10-9-16(13,2)3/h6-8,11,19H,1,9-10H2,2-5H3. The summed E-state index contributed by atoms with van der Waals surface area (Å²) in [5.41, 5.74) is 4.62. The van der Waals surface area contributed by atoms with E-state index in [1.807, 2.05) is 6.07 Å². The first-order valence-electron chi connectivity index (χ1n) is 6.82. The van der Waals surface area contributed by atoms with E-state index in [1.165, 1.54) is 24.0 Å². The molecule has 1 N–H and O–H groups in total. The van der Waals surface area contributed by atoms with Crippen LogP contribution in [0.3, 0.4) is 0 Å². The lowest BCUT2D eigenvalue weighted by atomic mass is 9.63. The Morgan fingerprint density at radius 3 is 2.26 bits per heavy atom. The summed E-state index contributed by atoms with van der Waals surface area (Å²) in [4.78, 5) is 0. The number of rotatable bonds is 2. The Labute approximate surface area is 115 Å². The van der Waals surface area contributed by atoms with Crippen LogP contribution in [0.4, 0.5) is 0 Å². The fourth-order valence-electron chi connectivity index (χ4n) is 2.96. The maximum Gasteiger partial charge on any atom is 0.109 e. The zero-order valence-corrected chi connectivity index (χ0v) is 12.3. The van der Waals surface area contributed by atoms with Gasteiger partial charge in [0, 0.05) is 5.56 Å². The van der Waals surface area contributed by atoms with Crippen molar-refractivity contribution < 1.29 is 5.21 Å². The van der Waals surface area contributed by atoms with Crippen LogP contribution in [-0.2, 0) is 10.8 Å². The van der Waals surface area contributed by atoms with E-state index in [4.69, 9.17) is 5.21 Å². The lowest BCUT2D eigenvalue weighted by Gasteiger charge is -2.42. The van der Waals surface area contributed by atoms with Crippen molar-refractivity contribution in [1.82, 2.24) is 0 Å². The molecule has 1 aromatic rings. The Bertz CT molecular complexity index is 538. The molecule has 0 heterocycles. The van der Waals surface area contributed by atoms with Crippen molar-refractivity contribution in [1.29, 1.82) is 0 Å². The molecule has 19 heavy (non-hydrogen) atoms. The molecule has 2 rings (SSSR count). The van der Waals surface area contributed by atoms with Gasteiger partial charge in [0.05, 0.1) is 0 Å². The smallest absolute Gasteiger partial charge is 0.109 e. The van der Waals surface area contributed by atoms with Gasteiger partial charge in [-0.15, -0.1) is 0 Å². The van der Waals surface area contributed by atoms with E-state index in [-0.39, 0.29) is 10.8 Å². The lowest BCUT2D eigenvalue weighted by molar-refractivity contribution is 0.319. The van der Waals surface area contributed by atoms with Crippen LogP contribution >= 0.6 is 0 Å². The maximum atomic E-state index is 9.03. The Morgan fingerprint density at radius 1 is 1.16 bits per heavy atom. The third-order valence-corrected chi connectivity index (χ3v) is 4.45. The van der Waals surface area contributed by atoms with E-state index in [1.54, 1.807) is 6.08 Å². The highest BCUT2D eigenvalue weighted by molar-refractivity contribution is 6.08. The second kappa shape index (κ2) is 4.52. The van der Waals surface area contributed by atoms with Gasteiger partial charge in [0.15, 0.2) is 0 Å². The number of benzene rings is 1. The number of hydrogen-bond acceptors (Lipinski definition) is 2. The molecule has 2 nitrogen and oxygen atoms in total. The molecule has 0 atom stereocenters. The minimum atomic E-state index is 0.169. The lowest BCUT2D eigenvalue weighted by Crippen LogP contribution is -2.34. The van der Waals surface area contributed by atoms with Crippen molar-refractivity contribution in [2.75, 3.05) is 0 Å². The van der Waals surface area contributed by atoms with Gasteiger partial charge < -0.3 is 5.21 Å². The molecule has 0 fully saturated rings. The van der Waals surface area contributed by atoms with Crippen molar-refractivity contribution in [2.24, 2.45) is 5.16 Å². The molecule has 1 aliphatic rings. The second-order valence-corrected chi connectivity index (χ2v) is 6.72. The summed E-state index contributed by atoms with van der Waals surface area (Å²) >= 11 is 0. The van der Waals surface area contributed by atoms with Crippen molar-refractivity contribution in [2.45, 2.75) is 51.4 Å². The number of fused-ring (bicyclic) bond motifs is 1. The predicted octanol–water partition coefficient (Wildman–Crippen LogP) is 4.40. The zero-order chi connectivity index (χ0) is 14.3. The molecule has 0 amide bonds. The summed E-state index contributed by atoms with van der Waals surface area (Å²) in [7, 11) is 0. The van der Waals surface area contributed by atoms with Gasteiger partial charge in [-0.1, -0.05) is 51.6 Å². The Balaban J connectivity index is 2.63. The van der Waals surface area contributed by atoms with Crippen LogP contribution in [0, 0.1) is 0 Å². The fraction of sp³-hybridized carbons (Fsp3) is 0.471. The van der Waals surface area contributed by atoms with Gasteiger partial charge in [-0.05, 0) is 46.9 Å². The molecule has 0 radical (unpaired) electrons. The first kappa shape index (κ1) is 13.9. The molecule has 102 valence electrons. The van der Waals surface area contributed by atoms with E-state index in [0.29, 0.717) is 5.71 Å². The zero-order valence-electron chi connectivity index (χ0n) is 12.3. The van der Waals surface area contributed by atoms with Crippen molar-refractivity contribution in [3.8, 4) is 0 Å².